The first kappa shape index (κ1) is 22.3. The number of rotatable bonds is 6. The number of carbonyl (C=O) groups excluding carboxylic acids is 2. The van der Waals surface area contributed by atoms with Gasteiger partial charge in [-0.15, -0.1) is 0 Å². The van der Waals surface area contributed by atoms with Gasteiger partial charge in [0.25, 0.3) is 11.8 Å². The Morgan fingerprint density at radius 3 is 2.42 bits per heavy atom. The molecule has 0 atom stereocenters. The molecule has 0 fully saturated rings. The van der Waals surface area contributed by atoms with E-state index in [0.29, 0.717) is 34.4 Å². The number of nitrogens with one attached hydrogen (secondary N) is 2. The largest absolute Gasteiger partial charge is 0.466 e. The van der Waals surface area contributed by atoms with Crippen LogP contribution in [0.1, 0.15) is 57.7 Å². The lowest BCUT2D eigenvalue weighted by molar-refractivity contribution is 0.0947. The Kier molecular flexibility index (Phi) is 6.00. The van der Waals surface area contributed by atoms with E-state index in [9.17, 15) is 9.59 Å². The molecule has 170 valence electrons. The Hall–Kier alpha value is -3.94. The number of amides is 2. The first-order chi connectivity index (χ1) is 15.8. The van der Waals surface area contributed by atoms with Crippen molar-refractivity contribution < 1.29 is 14.0 Å². The number of nitrogens with zero attached hydrogens (tertiary/aromatic N) is 3. The minimum Gasteiger partial charge on any atom is -0.466 e. The van der Waals surface area contributed by atoms with E-state index < -0.39 is 0 Å². The van der Waals surface area contributed by atoms with Crippen LogP contribution in [0.4, 0.5) is 0 Å². The molecule has 8 heteroatoms. The Balaban J connectivity index is 1.67. The minimum absolute atomic E-state index is 0.0900. The monoisotopic (exact) mass is 445 g/mol. The fourth-order valence-electron chi connectivity index (χ4n) is 3.80. The van der Waals surface area contributed by atoms with Gasteiger partial charge < -0.3 is 15.1 Å². The highest BCUT2D eigenvalue weighted by atomic mass is 16.3. The quantitative estimate of drug-likeness (QED) is 0.464. The summed E-state index contributed by atoms with van der Waals surface area (Å²) >= 11 is 0. The molecule has 3 heterocycles. The van der Waals surface area contributed by atoms with E-state index in [1.165, 1.54) is 0 Å². The molecule has 0 aliphatic rings. The van der Waals surface area contributed by atoms with E-state index in [-0.39, 0.29) is 17.9 Å². The number of aromatic nitrogens is 3. The third-order valence-corrected chi connectivity index (χ3v) is 5.51. The van der Waals surface area contributed by atoms with Crippen molar-refractivity contribution >= 4 is 22.8 Å². The number of carbonyl (C=O) groups is 2. The lowest BCUT2D eigenvalue weighted by Gasteiger charge is -2.11. The summed E-state index contributed by atoms with van der Waals surface area (Å²) in [5, 5.41) is 10.7. The highest BCUT2D eigenvalue weighted by Gasteiger charge is 2.20. The maximum absolute atomic E-state index is 13.2. The molecule has 4 rings (SSSR count). The van der Waals surface area contributed by atoms with Gasteiger partial charge in [-0.25, -0.2) is 9.67 Å². The summed E-state index contributed by atoms with van der Waals surface area (Å²) in [5.74, 6) is 1.16. The van der Waals surface area contributed by atoms with E-state index in [1.54, 1.807) is 31.4 Å². The first-order valence-corrected chi connectivity index (χ1v) is 10.8. The summed E-state index contributed by atoms with van der Waals surface area (Å²) in [6.07, 6.45) is 1.69. The highest BCUT2D eigenvalue weighted by Crippen LogP contribution is 2.30. The summed E-state index contributed by atoms with van der Waals surface area (Å²) in [4.78, 5) is 29.8. The van der Waals surface area contributed by atoms with Crippen molar-refractivity contribution in [3.63, 3.8) is 0 Å². The Labute approximate surface area is 192 Å². The minimum atomic E-state index is -0.222. The van der Waals surface area contributed by atoms with Gasteiger partial charge in [0.05, 0.1) is 22.8 Å². The normalized spacial score (nSPS) is 11.2. The zero-order valence-corrected chi connectivity index (χ0v) is 19.4. The van der Waals surface area contributed by atoms with Gasteiger partial charge in [-0.3, -0.25) is 9.59 Å². The molecule has 0 bridgehead atoms. The van der Waals surface area contributed by atoms with Gasteiger partial charge in [0.15, 0.2) is 5.65 Å². The summed E-state index contributed by atoms with van der Waals surface area (Å²) < 4.78 is 7.50. The molecule has 3 aromatic heterocycles. The second-order valence-corrected chi connectivity index (χ2v) is 8.26. The molecule has 0 saturated heterocycles. The average Bonchev–Trinajstić information content (AvgIpc) is 3.39. The Morgan fingerprint density at radius 2 is 1.82 bits per heavy atom. The molecule has 4 aromatic rings. The van der Waals surface area contributed by atoms with Crippen LogP contribution >= 0.6 is 0 Å². The maximum Gasteiger partial charge on any atom is 0.252 e. The third kappa shape index (κ3) is 4.37. The third-order valence-electron chi connectivity index (χ3n) is 5.51. The molecular weight excluding hydrogens is 418 g/mol. The molecule has 0 radical (unpaired) electrons. The van der Waals surface area contributed by atoms with Gasteiger partial charge in [-0.1, -0.05) is 12.1 Å². The summed E-state index contributed by atoms with van der Waals surface area (Å²) in [6, 6.07) is 10.9. The number of hydrogen-bond donors (Lipinski definition) is 2. The lowest BCUT2D eigenvalue weighted by Crippen LogP contribution is -2.23. The molecule has 8 nitrogen and oxygen atoms in total. The van der Waals surface area contributed by atoms with E-state index in [1.807, 2.05) is 50.6 Å². The first-order valence-electron chi connectivity index (χ1n) is 10.8. The predicted molar refractivity (Wildman–Crippen MR) is 126 cm³/mol. The molecular formula is C25H27N5O3. The molecule has 0 spiro atoms. The summed E-state index contributed by atoms with van der Waals surface area (Å²) in [7, 11) is 1.59. The average molecular weight is 446 g/mol. The zero-order valence-electron chi connectivity index (χ0n) is 19.4. The number of fused-ring (bicyclic) bond motifs is 1. The van der Waals surface area contributed by atoms with Crippen LogP contribution in [0.3, 0.4) is 0 Å². The molecule has 0 unspecified atom stereocenters. The second-order valence-electron chi connectivity index (χ2n) is 8.26. The van der Waals surface area contributed by atoms with Crippen molar-refractivity contribution in [3.8, 4) is 11.3 Å². The van der Waals surface area contributed by atoms with Crippen molar-refractivity contribution in [3.05, 3.63) is 70.8 Å². The van der Waals surface area contributed by atoms with E-state index >= 15 is 0 Å². The fraction of sp³-hybridized carbons (Fsp3) is 0.280. The van der Waals surface area contributed by atoms with Crippen molar-refractivity contribution in [1.82, 2.24) is 25.4 Å². The van der Waals surface area contributed by atoms with Crippen LogP contribution in [0.2, 0.25) is 0 Å². The number of furan rings is 1. The Bertz CT molecular complexity index is 1330. The van der Waals surface area contributed by atoms with Crippen molar-refractivity contribution in [2.45, 2.75) is 40.3 Å². The van der Waals surface area contributed by atoms with E-state index in [0.717, 1.165) is 22.6 Å². The highest BCUT2D eigenvalue weighted by molar-refractivity contribution is 6.06. The van der Waals surface area contributed by atoms with Crippen molar-refractivity contribution in [2.75, 3.05) is 7.05 Å². The van der Waals surface area contributed by atoms with Crippen molar-refractivity contribution in [2.24, 2.45) is 0 Å². The Morgan fingerprint density at radius 1 is 1.09 bits per heavy atom. The summed E-state index contributed by atoms with van der Waals surface area (Å²) in [5.41, 5.74) is 4.13. The smallest absolute Gasteiger partial charge is 0.252 e. The van der Waals surface area contributed by atoms with Gasteiger partial charge in [-0.05, 0) is 57.5 Å². The standard InChI is InChI=1S/C25H27N5O3/c1-14(2)30-23-21(13-28-30)20(11-22(29-23)19-10-15(3)33-16(19)4)25(32)27-12-17-6-8-18(9-7-17)24(31)26-5/h6-11,13-14H,12H2,1-5H3,(H,26,31)(H,27,32). The number of hydrogen-bond acceptors (Lipinski definition) is 5. The van der Waals surface area contributed by atoms with E-state index in [4.69, 9.17) is 9.40 Å². The van der Waals surface area contributed by atoms with Gasteiger partial charge in [0.2, 0.25) is 0 Å². The summed E-state index contributed by atoms with van der Waals surface area (Å²) in [6.45, 7) is 8.15. The molecule has 0 aliphatic carbocycles. The molecule has 0 saturated carbocycles. The molecule has 33 heavy (non-hydrogen) atoms. The predicted octanol–water partition coefficient (Wildman–Crippen LogP) is 4.18. The molecule has 2 amide bonds. The van der Waals surface area contributed by atoms with Crippen LogP contribution in [0.5, 0.6) is 0 Å². The van der Waals surface area contributed by atoms with Crippen LogP contribution in [0.15, 0.2) is 47.0 Å². The zero-order chi connectivity index (χ0) is 23.7. The number of pyridine rings is 1. The van der Waals surface area contributed by atoms with Crippen molar-refractivity contribution in [1.29, 1.82) is 0 Å². The van der Waals surface area contributed by atoms with Crippen LogP contribution in [-0.4, -0.2) is 33.6 Å². The van der Waals surface area contributed by atoms with Gasteiger partial charge in [0, 0.05) is 30.8 Å². The number of aryl methyl sites for hydroxylation is 2. The van der Waals surface area contributed by atoms with Crippen LogP contribution < -0.4 is 10.6 Å². The van der Waals surface area contributed by atoms with Gasteiger partial charge in [-0.2, -0.15) is 5.10 Å². The molecule has 2 N–H and O–H groups in total. The molecule has 1 aromatic carbocycles. The van der Waals surface area contributed by atoms with Gasteiger partial charge >= 0.3 is 0 Å². The maximum atomic E-state index is 13.2. The van der Waals surface area contributed by atoms with Crippen LogP contribution in [-0.2, 0) is 6.54 Å². The second kappa shape index (κ2) is 8.90. The fourth-order valence-corrected chi connectivity index (χ4v) is 3.80. The molecule has 0 aliphatic heterocycles. The van der Waals surface area contributed by atoms with Gasteiger partial charge in [0.1, 0.15) is 11.5 Å². The van der Waals surface area contributed by atoms with Crippen LogP contribution in [0.25, 0.3) is 22.3 Å². The lowest BCUT2D eigenvalue weighted by atomic mass is 10.1. The van der Waals surface area contributed by atoms with Crippen LogP contribution in [0, 0.1) is 13.8 Å². The topological polar surface area (TPSA) is 102 Å². The van der Waals surface area contributed by atoms with E-state index in [2.05, 4.69) is 15.7 Å². The number of benzene rings is 1. The SMILES string of the molecule is CNC(=O)c1ccc(CNC(=O)c2cc(-c3cc(C)oc3C)nc3c2cnn3C(C)C)cc1.